The number of phenols is 1. The first kappa shape index (κ1) is 26.4. The number of aromatic hydroxyl groups is 1. The van der Waals surface area contributed by atoms with Gasteiger partial charge in [-0.1, -0.05) is 50.1 Å². The van der Waals surface area contributed by atoms with Gasteiger partial charge in [-0.2, -0.15) is 5.10 Å². The lowest BCUT2D eigenvalue weighted by Crippen LogP contribution is -2.29. The van der Waals surface area contributed by atoms with Crippen molar-refractivity contribution in [1.82, 2.24) is 15.1 Å². The van der Waals surface area contributed by atoms with Gasteiger partial charge in [-0.05, 0) is 72.9 Å². The van der Waals surface area contributed by atoms with E-state index in [4.69, 9.17) is 9.47 Å². The number of nitrogens with zero attached hydrogens (tertiary/aromatic N) is 2. The van der Waals surface area contributed by atoms with E-state index in [0.29, 0.717) is 30.1 Å². The van der Waals surface area contributed by atoms with Crippen LogP contribution in [0.25, 0.3) is 11.3 Å². The average Bonchev–Trinajstić information content (AvgIpc) is 3.48. The van der Waals surface area contributed by atoms with Crippen molar-refractivity contribution >= 4 is 5.91 Å². The number of fused-ring (bicyclic) bond motifs is 1. The minimum absolute atomic E-state index is 0.136. The summed E-state index contributed by atoms with van der Waals surface area (Å²) < 4.78 is 11.4. The molecule has 0 radical (unpaired) electrons. The predicted octanol–water partition coefficient (Wildman–Crippen LogP) is 6.72. The van der Waals surface area contributed by atoms with Crippen LogP contribution in [-0.4, -0.2) is 39.8 Å². The first-order valence-electron chi connectivity index (χ1n) is 13.5. The summed E-state index contributed by atoms with van der Waals surface area (Å²) in [5, 5.41) is 18.5. The highest BCUT2D eigenvalue weighted by Gasteiger charge is 2.42. The standard InChI is InChI=1S/C32H35N3O4/c1-5-6-7-15-39-25-10-8-9-23(18-25)30-27-28(26-17-20(2)16-21(3)31(26)36)33-34-29(27)32(37)35(30)19-22-11-13-24(38-4)14-12-22/h8-14,16-18,30,36H,5-7,15,19H2,1-4H3,(H,33,34). The number of unbranched alkanes of at least 4 members (excludes halogenated alkanes) is 2. The highest BCUT2D eigenvalue weighted by atomic mass is 16.5. The molecule has 0 spiro atoms. The Morgan fingerprint density at radius 2 is 1.82 bits per heavy atom. The maximum Gasteiger partial charge on any atom is 0.273 e. The second-order valence-electron chi connectivity index (χ2n) is 10.2. The molecule has 5 rings (SSSR count). The average molecular weight is 526 g/mol. The molecule has 1 atom stereocenters. The largest absolute Gasteiger partial charge is 0.507 e. The minimum atomic E-state index is -0.414. The third kappa shape index (κ3) is 5.21. The summed E-state index contributed by atoms with van der Waals surface area (Å²) in [6.07, 6.45) is 3.24. The van der Waals surface area contributed by atoms with Crippen LogP contribution in [0.1, 0.15) is 70.5 Å². The number of hydrogen-bond donors (Lipinski definition) is 2. The van der Waals surface area contributed by atoms with Crippen molar-refractivity contribution in [2.45, 2.75) is 52.6 Å². The number of amides is 1. The van der Waals surface area contributed by atoms with E-state index in [1.807, 2.05) is 79.4 Å². The van der Waals surface area contributed by atoms with Crippen molar-refractivity contribution < 1.29 is 19.4 Å². The van der Waals surface area contributed by atoms with Gasteiger partial charge in [-0.3, -0.25) is 9.89 Å². The maximum atomic E-state index is 13.8. The van der Waals surface area contributed by atoms with Crippen molar-refractivity contribution in [3.63, 3.8) is 0 Å². The molecule has 39 heavy (non-hydrogen) atoms. The van der Waals surface area contributed by atoms with Crippen LogP contribution < -0.4 is 9.47 Å². The van der Waals surface area contributed by atoms with Gasteiger partial charge < -0.3 is 19.5 Å². The maximum absolute atomic E-state index is 13.8. The number of methoxy groups -OCH3 is 1. The van der Waals surface area contributed by atoms with Gasteiger partial charge in [0, 0.05) is 17.7 Å². The zero-order valence-corrected chi connectivity index (χ0v) is 23.0. The number of phenolic OH excluding ortho intramolecular Hbond substituents is 1. The Balaban J connectivity index is 1.59. The molecule has 1 aromatic heterocycles. The molecule has 0 saturated heterocycles. The van der Waals surface area contributed by atoms with E-state index in [1.165, 1.54) is 0 Å². The molecule has 3 aromatic carbocycles. The van der Waals surface area contributed by atoms with E-state index in [2.05, 4.69) is 17.1 Å². The third-order valence-electron chi connectivity index (χ3n) is 7.27. The van der Waals surface area contributed by atoms with Crippen LogP contribution in [0.3, 0.4) is 0 Å². The second-order valence-corrected chi connectivity index (χ2v) is 10.2. The molecule has 0 saturated carbocycles. The topological polar surface area (TPSA) is 87.7 Å². The van der Waals surface area contributed by atoms with Crippen molar-refractivity contribution in [3.8, 4) is 28.5 Å². The number of hydrogen-bond acceptors (Lipinski definition) is 5. The van der Waals surface area contributed by atoms with Gasteiger partial charge in [0.05, 0.1) is 19.8 Å². The highest BCUT2D eigenvalue weighted by Crippen LogP contribution is 2.46. The van der Waals surface area contributed by atoms with Gasteiger partial charge in [0.15, 0.2) is 0 Å². The number of aromatic amines is 1. The van der Waals surface area contributed by atoms with Gasteiger partial charge in [0.2, 0.25) is 0 Å². The van der Waals surface area contributed by atoms with Crippen LogP contribution in [0.5, 0.6) is 17.2 Å². The number of aromatic nitrogens is 2. The van der Waals surface area contributed by atoms with E-state index >= 15 is 0 Å². The van der Waals surface area contributed by atoms with Gasteiger partial charge in [-0.25, -0.2) is 0 Å². The van der Waals surface area contributed by atoms with E-state index in [9.17, 15) is 9.90 Å². The summed E-state index contributed by atoms with van der Waals surface area (Å²) >= 11 is 0. The predicted molar refractivity (Wildman–Crippen MR) is 151 cm³/mol. The lowest BCUT2D eigenvalue weighted by atomic mass is 9.94. The van der Waals surface area contributed by atoms with Crippen LogP contribution in [0.2, 0.25) is 0 Å². The number of aryl methyl sites for hydroxylation is 2. The van der Waals surface area contributed by atoms with E-state index < -0.39 is 6.04 Å². The summed E-state index contributed by atoms with van der Waals surface area (Å²) in [4.78, 5) is 15.7. The first-order chi connectivity index (χ1) is 18.9. The molecule has 7 nitrogen and oxygen atoms in total. The Hall–Kier alpha value is -4.26. The fourth-order valence-corrected chi connectivity index (χ4v) is 5.30. The number of benzene rings is 3. The fourth-order valence-electron chi connectivity index (χ4n) is 5.30. The minimum Gasteiger partial charge on any atom is -0.507 e. The Labute approximate surface area is 229 Å². The van der Waals surface area contributed by atoms with Crippen LogP contribution in [0, 0.1) is 13.8 Å². The molecule has 0 bridgehead atoms. The molecule has 1 amide bonds. The summed E-state index contributed by atoms with van der Waals surface area (Å²) in [6.45, 7) is 7.07. The van der Waals surface area contributed by atoms with Gasteiger partial charge in [0.25, 0.3) is 5.91 Å². The van der Waals surface area contributed by atoms with E-state index in [1.54, 1.807) is 7.11 Å². The molecule has 202 valence electrons. The number of rotatable bonds is 10. The second kappa shape index (κ2) is 11.2. The van der Waals surface area contributed by atoms with E-state index in [0.717, 1.165) is 58.6 Å². The number of carbonyl (C=O) groups excluding carboxylic acids is 1. The molecule has 7 heteroatoms. The smallest absolute Gasteiger partial charge is 0.273 e. The zero-order chi connectivity index (χ0) is 27.5. The SMILES string of the molecule is CCCCCOc1cccc(C2c3c(-c4cc(C)cc(C)c4O)n[nH]c3C(=O)N2Cc2ccc(OC)cc2)c1. The van der Waals surface area contributed by atoms with Gasteiger partial charge >= 0.3 is 0 Å². The lowest BCUT2D eigenvalue weighted by Gasteiger charge is -2.27. The van der Waals surface area contributed by atoms with Crippen molar-refractivity contribution in [1.29, 1.82) is 0 Å². The molecular formula is C32H35N3O4. The molecule has 1 aliphatic rings. The summed E-state index contributed by atoms with van der Waals surface area (Å²) in [5.74, 6) is 1.57. The number of nitrogens with one attached hydrogen (secondary N) is 1. The van der Waals surface area contributed by atoms with Crippen molar-refractivity contribution in [2.75, 3.05) is 13.7 Å². The van der Waals surface area contributed by atoms with Crippen molar-refractivity contribution in [3.05, 3.63) is 94.2 Å². The Bertz CT molecular complexity index is 1480. The molecule has 4 aromatic rings. The monoisotopic (exact) mass is 525 g/mol. The molecular weight excluding hydrogens is 490 g/mol. The molecule has 0 aliphatic carbocycles. The fraction of sp³-hybridized carbons (Fsp3) is 0.312. The van der Waals surface area contributed by atoms with Crippen LogP contribution in [0.4, 0.5) is 0 Å². The lowest BCUT2D eigenvalue weighted by molar-refractivity contribution is 0.0730. The molecule has 2 N–H and O–H groups in total. The molecule has 1 unspecified atom stereocenters. The van der Waals surface area contributed by atoms with Crippen LogP contribution in [0.15, 0.2) is 60.7 Å². The summed E-state index contributed by atoms with van der Waals surface area (Å²) in [5.41, 5.74) is 6.08. The third-order valence-corrected chi connectivity index (χ3v) is 7.27. The highest BCUT2D eigenvalue weighted by molar-refractivity contribution is 6.00. The molecule has 1 aliphatic heterocycles. The van der Waals surface area contributed by atoms with E-state index in [-0.39, 0.29) is 11.7 Å². The first-order valence-corrected chi connectivity index (χ1v) is 13.5. The Kier molecular flexibility index (Phi) is 7.59. The van der Waals surface area contributed by atoms with Crippen LogP contribution in [-0.2, 0) is 6.54 Å². The quantitative estimate of drug-likeness (QED) is 0.224. The van der Waals surface area contributed by atoms with Crippen molar-refractivity contribution in [2.24, 2.45) is 0 Å². The van der Waals surface area contributed by atoms with Gasteiger partial charge in [0.1, 0.15) is 28.6 Å². The number of H-pyrrole nitrogens is 1. The number of carbonyl (C=O) groups is 1. The Morgan fingerprint density at radius 3 is 2.56 bits per heavy atom. The summed E-state index contributed by atoms with van der Waals surface area (Å²) in [7, 11) is 1.63. The summed E-state index contributed by atoms with van der Waals surface area (Å²) in [6, 6.07) is 19.1. The number of ether oxygens (including phenoxy) is 2. The molecule has 2 heterocycles. The van der Waals surface area contributed by atoms with Crippen LogP contribution >= 0.6 is 0 Å². The zero-order valence-electron chi connectivity index (χ0n) is 23.0. The van der Waals surface area contributed by atoms with Gasteiger partial charge in [-0.15, -0.1) is 0 Å². The Morgan fingerprint density at radius 1 is 1.03 bits per heavy atom. The normalized spacial score (nSPS) is 14.5. The molecule has 0 fully saturated rings.